The lowest BCUT2D eigenvalue weighted by atomic mass is 10.3. The number of hydrogen-bond donors (Lipinski definition) is 4. The zero-order chi connectivity index (χ0) is 12.7. The lowest BCUT2D eigenvalue weighted by Gasteiger charge is -2.16. The lowest BCUT2D eigenvalue weighted by Crippen LogP contribution is -2.47. The number of aromatic nitrogens is 4. The normalized spacial score (nSPS) is 15.4. The molecule has 0 spiro atoms. The molecule has 0 aliphatic rings. The first kappa shape index (κ1) is 13.3. The number of H-pyrrole nitrogens is 1. The first-order chi connectivity index (χ1) is 8.17. The summed E-state index contributed by atoms with van der Waals surface area (Å²) in [6, 6.07) is -0.158. The summed E-state index contributed by atoms with van der Waals surface area (Å²) in [7, 11) is 1.63. The zero-order valence-corrected chi connectivity index (χ0v) is 10.1. The van der Waals surface area contributed by atoms with Crippen molar-refractivity contribution in [3.05, 3.63) is 5.82 Å². The van der Waals surface area contributed by atoms with E-state index in [-0.39, 0.29) is 12.1 Å². The van der Waals surface area contributed by atoms with E-state index < -0.39 is 0 Å². The highest BCUT2D eigenvalue weighted by atomic mass is 16.5. The molecule has 2 unspecified atom stereocenters. The van der Waals surface area contributed by atoms with Crippen LogP contribution in [0.25, 0.3) is 0 Å². The molecule has 9 heteroatoms. The third-order valence-electron chi connectivity index (χ3n) is 1.99. The molecule has 0 aromatic carbocycles. The number of nitrogens with one attached hydrogen (secondary N) is 3. The van der Waals surface area contributed by atoms with Crippen LogP contribution in [0.5, 0.6) is 0 Å². The van der Waals surface area contributed by atoms with Crippen molar-refractivity contribution in [2.75, 3.05) is 13.7 Å². The molecule has 0 radical (unpaired) electrons. The zero-order valence-electron chi connectivity index (χ0n) is 10.1. The monoisotopic (exact) mass is 242 g/mol. The maximum Gasteiger partial charge on any atom is 0.206 e. The van der Waals surface area contributed by atoms with E-state index in [1.54, 1.807) is 7.11 Å². The van der Waals surface area contributed by atoms with Crippen LogP contribution >= 0.6 is 0 Å². The minimum atomic E-state index is -0.248. The van der Waals surface area contributed by atoms with Gasteiger partial charge in [0, 0.05) is 13.2 Å². The summed E-state index contributed by atoms with van der Waals surface area (Å²) in [4.78, 5) is 4.29. The SMILES string of the molecule is COCC(C)NC(=NC(C)c1nn[nH]n1)NN. The van der Waals surface area contributed by atoms with Crippen molar-refractivity contribution in [1.29, 1.82) is 0 Å². The van der Waals surface area contributed by atoms with Crippen molar-refractivity contribution < 1.29 is 4.74 Å². The molecule has 0 fully saturated rings. The highest BCUT2D eigenvalue weighted by molar-refractivity contribution is 5.79. The van der Waals surface area contributed by atoms with Crippen LogP contribution < -0.4 is 16.6 Å². The Balaban J connectivity index is 2.60. The Hall–Kier alpha value is -1.74. The molecular formula is C8H18N8O. The van der Waals surface area contributed by atoms with Crippen LogP contribution in [-0.2, 0) is 4.74 Å². The van der Waals surface area contributed by atoms with Gasteiger partial charge in [-0.25, -0.2) is 10.8 Å². The molecule has 0 saturated heterocycles. The number of tetrazole rings is 1. The van der Waals surface area contributed by atoms with E-state index >= 15 is 0 Å². The van der Waals surface area contributed by atoms with Gasteiger partial charge in [0.05, 0.1) is 6.61 Å². The molecular weight excluding hydrogens is 224 g/mol. The van der Waals surface area contributed by atoms with Crippen LogP contribution in [0.3, 0.4) is 0 Å². The Labute approximate surface area is 99.2 Å². The molecule has 96 valence electrons. The molecule has 1 rings (SSSR count). The predicted octanol–water partition coefficient (Wildman–Crippen LogP) is -1.30. The number of rotatable bonds is 5. The second-order valence-corrected chi connectivity index (χ2v) is 3.57. The Morgan fingerprint density at radius 1 is 1.59 bits per heavy atom. The van der Waals surface area contributed by atoms with E-state index in [4.69, 9.17) is 10.6 Å². The Kier molecular flexibility index (Phi) is 5.30. The van der Waals surface area contributed by atoms with Gasteiger partial charge >= 0.3 is 0 Å². The number of guanidine groups is 1. The fourth-order valence-corrected chi connectivity index (χ4v) is 1.24. The molecule has 0 amide bonds. The number of methoxy groups -OCH3 is 1. The van der Waals surface area contributed by atoms with E-state index in [1.165, 1.54) is 0 Å². The van der Waals surface area contributed by atoms with Crippen molar-refractivity contribution >= 4 is 5.96 Å². The van der Waals surface area contributed by atoms with Crippen LogP contribution in [0.15, 0.2) is 4.99 Å². The van der Waals surface area contributed by atoms with Crippen molar-refractivity contribution in [3.8, 4) is 0 Å². The maximum atomic E-state index is 5.37. The fourth-order valence-electron chi connectivity index (χ4n) is 1.24. The van der Waals surface area contributed by atoms with Crippen LogP contribution in [-0.4, -0.2) is 46.3 Å². The van der Waals surface area contributed by atoms with Crippen molar-refractivity contribution in [2.45, 2.75) is 25.9 Å². The summed E-state index contributed by atoms with van der Waals surface area (Å²) >= 11 is 0. The third kappa shape index (κ3) is 4.33. The number of aliphatic imine (C=N–C) groups is 1. The third-order valence-corrected chi connectivity index (χ3v) is 1.99. The van der Waals surface area contributed by atoms with Gasteiger partial charge in [-0.15, -0.1) is 10.2 Å². The largest absolute Gasteiger partial charge is 0.383 e. The van der Waals surface area contributed by atoms with E-state index in [0.29, 0.717) is 18.4 Å². The molecule has 17 heavy (non-hydrogen) atoms. The highest BCUT2D eigenvalue weighted by Crippen LogP contribution is 2.08. The second-order valence-electron chi connectivity index (χ2n) is 3.57. The van der Waals surface area contributed by atoms with E-state index in [0.717, 1.165) is 0 Å². The van der Waals surface area contributed by atoms with Crippen LogP contribution in [0.1, 0.15) is 25.7 Å². The number of ether oxygens (including phenoxy) is 1. The van der Waals surface area contributed by atoms with Gasteiger partial charge in [-0.05, 0) is 13.8 Å². The average molecular weight is 242 g/mol. The molecule has 1 heterocycles. The van der Waals surface area contributed by atoms with E-state index in [9.17, 15) is 0 Å². The number of aromatic amines is 1. The minimum Gasteiger partial charge on any atom is -0.383 e. The first-order valence-corrected chi connectivity index (χ1v) is 5.20. The summed E-state index contributed by atoms with van der Waals surface area (Å²) in [6.07, 6.45) is 0. The van der Waals surface area contributed by atoms with Gasteiger partial charge in [0.1, 0.15) is 6.04 Å². The predicted molar refractivity (Wildman–Crippen MR) is 61.8 cm³/mol. The molecule has 0 aliphatic carbocycles. The molecule has 0 bridgehead atoms. The minimum absolute atomic E-state index is 0.0901. The molecule has 1 aromatic heterocycles. The number of nitrogens with zero attached hydrogens (tertiary/aromatic N) is 4. The molecule has 0 saturated carbocycles. The smallest absolute Gasteiger partial charge is 0.206 e. The van der Waals surface area contributed by atoms with E-state index in [1.807, 2.05) is 13.8 Å². The van der Waals surface area contributed by atoms with Crippen molar-refractivity contribution in [1.82, 2.24) is 31.4 Å². The lowest BCUT2D eigenvalue weighted by molar-refractivity contribution is 0.179. The van der Waals surface area contributed by atoms with Crippen LogP contribution in [0.2, 0.25) is 0 Å². The molecule has 0 aliphatic heterocycles. The summed E-state index contributed by atoms with van der Waals surface area (Å²) in [6.45, 7) is 4.34. The van der Waals surface area contributed by atoms with Gasteiger partial charge in [0.2, 0.25) is 5.96 Å². The first-order valence-electron chi connectivity index (χ1n) is 5.20. The van der Waals surface area contributed by atoms with Crippen molar-refractivity contribution in [2.24, 2.45) is 10.8 Å². The quantitative estimate of drug-likeness (QED) is 0.219. The molecule has 2 atom stereocenters. The molecule has 9 nitrogen and oxygen atoms in total. The number of hydrazine groups is 1. The van der Waals surface area contributed by atoms with Crippen molar-refractivity contribution in [3.63, 3.8) is 0 Å². The Morgan fingerprint density at radius 3 is 2.88 bits per heavy atom. The summed E-state index contributed by atoms with van der Waals surface area (Å²) in [5.41, 5.74) is 2.48. The summed E-state index contributed by atoms with van der Waals surface area (Å²) < 4.78 is 5.00. The van der Waals surface area contributed by atoms with Gasteiger partial charge in [-0.2, -0.15) is 5.21 Å². The van der Waals surface area contributed by atoms with Gasteiger partial charge < -0.3 is 10.1 Å². The average Bonchev–Trinajstić information content (AvgIpc) is 2.81. The molecule has 5 N–H and O–H groups in total. The second kappa shape index (κ2) is 6.76. The Morgan fingerprint density at radius 2 is 2.35 bits per heavy atom. The standard InChI is InChI=1S/C8H18N8O/c1-5(4-17-3)10-8(12-9)11-6(2)7-13-15-16-14-7/h5-6H,4,9H2,1-3H3,(H2,10,11,12)(H,13,14,15,16). The van der Waals surface area contributed by atoms with Crippen LogP contribution in [0.4, 0.5) is 0 Å². The maximum absolute atomic E-state index is 5.37. The van der Waals surface area contributed by atoms with Gasteiger partial charge in [-0.1, -0.05) is 5.21 Å². The topological polar surface area (TPSA) is 126 Å². The summed E-state index contributed by atoms with van der Waals surface area (Å²) in [5, 5.41) is 16.6. The van der Waals surface area contributed by atoms with E-state index in [2.05, 4.69) is 36.4 Å². The fraction of sp³-hybridized carbons (Fsp3) is 0.750. The number of nitrogens with two attached hydrogens (primary N) is 1. The number of hydrogen-bond acceptors (Lipinski definition) is 6. The highest BCUT2D eigenvalue weighted by Gasteiger charge is 2.11. The van der Waals surface area contributed by atoms with Gasteiger partial charge in [-0.3, -0.25) is 5.43 Å². The summed E-state index contributed by atoms with van der Waals surface area (Å²) in [5.74, 6) is 6.32. The van der Waals surface area contributed by atoms with Gasteiger partial charge in [0.25, 0.3) is 0 Å². The van der Waals surface area contributed by atoms with Gasteiger partial charge in [0.15, 0.2) is 5.82 Å². The molecule has 1 aromatic rings. The van der Waals surface area contributed by atoms with Crippen LogP contribution in [0, 0.1) is 0 Å². The Bertz CT molecular complexity index is 337.